The topological polar surface area (TPSA) is 60.4 Å². The van der Waals surface area contributed by atoms with E-state index in [9.17, 15) is 13.2 Å². The van der Waals surface area contributed by atoms with Crippen LogP contribution in [0, 0.1) is 0 Å². The summed E-state index contributed by atoms with van der Waals surface area (Å²) in [6.45, 7) is 0. The zero-order chi connectivity index (χ0) is 13.2. The summed E-state index contributed by atoms with van der Waals surface area (Å²) in [5.41, 5.74) is 0. The summed E-state index contributed by atoms with van der Waals surface area (Å²) < 4.78 is 28.2. The normalized spacial score (nSPS) is 21.9. The van der Waals surface area contributed by atoms with Crippen molar-refractivity contribution in [1.82, 2.24) is 0 Å². The van der Waals surface area contributed by atoms with Crippen molar-refractivity contribution in [1.29, 1.82) is 0 Å². The third-order valence-corrected chi connectivity index (χ3v) is 5.72. The van der Waals surface area contributed by atoms with E-state index in [-0.39, 0.29) is 23.9 Å². The van der Waals surface area contributed by atoms with Crippen molar-refractivity contribution in [3.63, 3.8) is 0 Å². The van der Waals surface area contributed by atoms with Crippen LogP contribution in [-0.4, -0.2) is 32.0 Å². The van der Waals surface area contributed by atoms with Crippen LogP contribution in [0.1, 0.15) is 17.7 Å². The number of rotatable bonds is 4. The molecule has 1 aliphatic heterocycles. The summed E-state index contributed by atoms with van der Waals surface area (Å²) in [5.74, 6) is -0.267. The van der Waals surface area contributed by atoms with Crippen LogP contribution in [0.3, 0.4) is 0 Å². The van der Waals surface area contributed by atoms with E-state index in [4.69, 9.17) is 16.3 Å². The van der Waals surface area contributed by atoms with E-state index in [2.05, 4.69) is 0 Å². The number of ether oxygens (including phenoxy) is 1. The second-order valence-corrected chi connectivity index (χ2v) is 8.25. The Hall–Kier alpha value is -0.590. The molecule has 4 nitrogen and oxygen atoms in total. The first kappa shape index (κ1) is 13.8. The second-order valence-electron chi connectivity index (χ2n) is 4.22. The van der Waals surface area contributed by atoms with Crippen LogP contribution in [0.4, 0.5) is 0 Å². The molecule has 2 rings (SSSR count). The van der Waals surface area contributed by atoms with Crippen molar-refractivity contribution in [2.24, 2.45) is 0 Å². The molecule has 1 atom stereocenters. The van der Waals surface area contributed by atoms with E-state index < -0.39 is 15.9 Å². The number of hydrogen-bond donors (Lipinski definition) is 0. The first-order chi connectivity index (χ1) is 8.44. The third-order valence-electron chi connectivity index (χ3n) is 2.69. The average molecular weight is 309 g/mol. The monoisotopic (exact) mass is 308 g/mol. The molecule has 0 aliphatic carbocycles. The van der Waals surface area contributed by atoms with Crippen LogP contribution in [0.5, 0.6) is 0 Å². The molecule has 0 N–H and O–H groups in total. The number of aryl methyl sites for hydroxylation is 1. The number of halogens is 1. The maximum Gasteiger partial charge on any atom is 0.306 e. The highest BCUT2D eigenvalue weighted by molar-refractivity contribution is 7.91. The van der Waals surface area contributed by atoms with E-state index in [1.54, 1.807) is 6.07 Å². The van der Waals surface area contributed by atoms with Gasteiger partial charge in [-0.2, -0.15) is 0 Å². The van der Waals surface area contributed by atoms with E-state index in [1.165, 1.54) is 11.3 Å². The van der Waals surface area contributed by atoms with Crippen LogP contribution < -0.4 is 0 Å². The molecule has 0 amide bonds. The van der Waals surface area contributed by atoms with Crippen molar-refractivity contribution in [2.45, 2.75) is 25.4 Å². The van der Waals surface area contributed by atoms with Gasteiger partial charge in [0, 0.05) is 4.88 Å². The molecule has 2 heterocycles. The zero-order valence-electron chi connectivity index (χ0n) is 9.60. The third kappa shape index (κ3) is 3.96. The van der Waals surface area contributed by atoms with Gasteiger partial charge in [0.15, 0.2) is 9.84 Å². The highest BCUT2D eigenvalue weighted by Gasteiger charge is 2.30. The quantitative estimate of drug-likeness (QED) is 0.799. The standard InChI is InChI=1S/C11H13ClO4S2/c12-10-3-1-9(17-10)2-4-11(13)16-8-5-6-18(14,15)7-8/h1,3,8H,2,4-7H2/t8-/m1/s1. The lowest BCUT2D eigenvalue weighted by Crippen LogP contribution is -2.19. The van der Waals surface area contributed by atoms with Gasteiger partial charge >= 0.3 is 5.97 Å². The largest absolute Gasteiger partial charge is 0.461 e. The maximum absolute atomic E-state index is 11.5. The summed E-state index contributed by atoms with van der Waals surface area (Å²) in [5, 5.41) is 0. The molecular formula is C11H13ClO4S2. The van der Waals surface area contributed by atoms with Gasteiger partial charge in [-0.05, 0) is 25.0 Å². The lowest BCUT2D eigenvalue weighted by atomic mass is 10.2. The molecule has 1 saturated heterocycles. The number of carbonyl (C=O) groups excluding carboxylic acids is 1. The summed E-state index contributed by atoms with van der Waals surface area (Å²) in [7, 11) is -3.00. The molecule has 0 aromatic carbocycles. The molecule has 0 unspecified atom stereocenters. The minimum atomic E-state index is -3.00. The van der Waals surface area contributed by atoms with Crippen molar-refractivity contribution < 1.29 is 17.9 Å². The fourth-order valence-corrected chi connectivity index (χ4v) is 4.49. The molecular weight excluding hydrogens is 296 g/mol. The Balaban J connectivity index is 1.76. The summed E-state index contributed by atoms with van der Waals surface area (Å²) in [4.78, 5) is 12.6. The zero-order valence-corrected chi connectivity index (χ0v) is 12.0. The second kappa shape index (κ2) is 5.59. The van der Waals surface area contributed by atoms with Gasteiger partial charge in [0.1, 0.15) is 6.10 Å². The highest BCUT2D eigenvalue weighted by atomic mass is 35.5. The van der Waals surface area contributed by atoms with E-state index in [1.807, 2.05) is 6.07 Å². The van der Waals surface area contributed by atoms with Crippen molar-refractivity contribution in [3.8, 4) is 0 Å². The van der Waals surface area contributed by atoms with Gasteiger partial charge in [-0.3, -0.25) is 4.79 Å². The molecule has 1 aliphatic rings. The lowest BCUT2D eigenvalue weighted by Gasteiger charge is -2.09. The Morgan fingerprint density at radius 2 is 2.28 bits per heavy atom. The van der Waals surface area contributed by atoms with Gasteiger partial charge in [0.2, 0.25) is 0 Å². The van der Waals surface area contributed by atoms with Gasteiger partial charge in [-0.25, -0.2) is 8.42 Å². The van der Waals surface area contributed by atoms with Crippen molar-refractivity contribution in [3.05, 3.63) is 21.3 Å². The number of hydrogen-bond acceptors (Lipinski definition) is 5. The summed E-state index contributed by atoms with van der Waals surface area (Å²) in [6.07, 6.45) is 0.788. The van der Waals surface area contributed by atoms with Crippen LogP contribution >= 0.6 is 22.9 Å². The van der Waals surface area contributed by atoms with E-state index >= 15 is 0 Å². The van der Waals surface area contributed by atoms with E-state index in [0.717, 1.165) is 4.88 Å². The van der Waals surface area contributed by atoms with Crippen LogP contribution in [0.25, 0.3) is 0 Å². The fourth-order valence-electron chi connectivity index (χ4n) is 1.81. The summed E-state index contributed by atoms with van der Waals surface area (Å²) >= 11 is 7.21. The molecule has 0 saturated carbocycles. The lowest BCUT2D eigenvalue weighted by molar-refractivity contribution is -0.147. The van der Waals surface area contributed by atoms with Gasteiger partial charge in [0.25, 0.3) is 0 Å². The maximum atomic E-state index is 11.5. The molecule has 100 valence electrons. The number of thiophene rings is 1. The Labute approximate surface area is 115 Å². The molecule has 1 aromatic rings. The fraction of sp³-hybridized carbons (Fsp3) is 0.545. The average Bonchev–Trinajstić information content (AvgIpc) is 2.82. The SMILES string of the molecule is O=C(CCc1ccc(Cl)s1)O[C@@H]1CCS(=O)(=O)C1. The van der Waals surface area contributed by atoms with Gasteiger partial charge in [0.05, 0.1) is 22.3 Å². The van der Waals surface area contributed by atoms with Gasteiger partial charge < -0.3 is 4.74 Å². The van der Waals surface area contributed by atoms with Gasteiger partial charge in [-0.1, -0.05) is 11.6 Å². The highest BCUT2D eigenvalue weighted by Crippen LogP contribution is 2.23. The van der Waals surface area contributed by atoms with Crippen LogP contribution in [0.2, 0.25) is 4.34 Å². The molecule has 18 heavy (non-hydrogen) atoms. The smallest absolute Gasteiger partial charge is 0.306 e. The molecule has 0 spiro atoms. The predicted molar refractivity (Wildman–Crippen MR) is 70.8 cm³/mol. The Kier molecular flexibility index (Phi) is 4.29. The molecule has 0 radical (unpaired) electrons. The van der Waals surface area contributed by atoms with Crippen LogP contribution in [-0.2, 0) is 25.8 Å². The van der Waals surface area contributed by atoms with Gasteiger partial charge in [-0.15, -0.1) is 11.3 Å². The Morgan fingerprint density at radius 3 is 2.83 bits per heavy atom. The molecule has 7 heteroatoms. The van der Waals surface area contributed by atoms with Crippen molar-refractivity contribution >= 4 is 38.7 Å². The number of esters is 1. The van der Waals surface area contributed by atoms with Crippen molar-refractivity contribution in [2.75, 3.05) is 11.5 Å². The first-order valence-corrected chi connectivity index (χ1v) is 8.60. The minimum absolute atomic E-state index is 0.0381. The number of sulfone groups is 1. The first-order valence-electron chi connectivity index (χ1n) is 5.59. The predicted octanol–water partition coefficient (Wildman–Crippen LogP) is 2.06. The summed E-state index contributed by atoms with van der Waals surface area (Å²) in [6, 6.07) is 3.66. The number of carbonyl (C=O) groups is 1. The molecule has 0 bridgehead atoms. The minimum Gasteiger partial charge on any atom is -0.461 e. The Morgan fingerprint density at radius 1 is 1.50 bits per heavy atom. The van der Waals surface area contributed by atoms with E-state index in [0.29, 0.717) is 17.2 Å². The molecule has 1 fully saturated rings. The van der Waals surface area contributed by atoms with Crippen LogP contribution in [0.15, 0.2) is 12.1 Å². The Bertz CT molecular complexity index is 535. The molecule has 1 aromatic heterocycles.